The number of H-pyrrole nitrogens is 1. The molecule has 152 valence electrons. The van der Waals surface area contributed by atoms with Gasteiger partial charge in [0, 0.05) is 5.56 Å². The molecule has 1 heterocycles. The number of benzene rings is 2. The summed E-state index contributed by atoms with van der Waals surface area (Å²) in [4.78, 5) is 33.0. The lowest BCUT2D eigenvalue weighted by atomic mass is 9.98. The number of hydrogen-bond donors (Lipinski definition) is 3. The number of para-hydroxylation sites is 2. The fourth-order valence-corrected chi connectivity index (χ4v) is 3.00. The van der Waals surface area contributed by atoms with Gasteiger partial charge in [0.1, 0.15) is 11.8 Å². The van der Waals surface area contributed by atoms with Crippen molar-refractivity contribution in [2.24, 2.45) is 5.92 Å². The van der Waals surface area contributed by atoms with Gasteiger partial charge < -0.3 is 15.0 Å². The van der Waals surface area contributed by atoms with E-state index in [0.717, 1.165) is 17.5 Å². The highest BCUT2D eigenvalue weighted by Gasteiger charge is 2.27. The number of aromatic nitrogens is 2. The maximum atomic E-state index is 12.9. The molecule has 0 saturated carbocycles. The lowest BCUT2D eigenvalue weighted by molar-refractivity contribution is -0.119. The van der Waals surface area contributed by atoms with E-state index in [-0.39, 0.29) is 17.7 Å². The predicted molar refractivity (Wildman–Crippen MR) is 113 cm³/mol. The van der Waals surface area contributed by atoms with E-state index < -0.39 is 6.04 Å². The summed E-state index contributed by atoms with van der Waals surface area (Å²) in [5.41, 5.74) is 2.07. The number of fused-ring (bicyclic) bond motifs is 1. The molecule has 29 heavy (non-hydrogen) atoms. The van der Waals surface area contributed by atoms with Crippen molar-refractivity contribution in [1.82, 2.24) is 15.3 Å². The Morgan fingerprint density at radius 3 is 2.48 bits per heavy atom. The van der Waals surface area contributed by atoms with Crippen molar-refractivity contribution in [3.8, 4) is 5.75 Å². The number of aromatic amines is 1. The molecular formula is C22H26N4O3. The highest BCUT2D eigenvalue weighted by Crippen LogP contribution is 2.16. The van der Waals surface area contributed by atoms with Gasteiger partial charge in [0.2, 0.25) is 11.9 Å². The first-order valence-corrected chi connectivity index (χ1v) is 9.81. The van der Waals surface area contributed by atoms with E-state index in [4.69, 9.17) is 4.74 Å². The van der Waals surface area contributed by atoms with Crippen LogP contribution in [-0.4, -0.2) is 34.4 Å². The van der Waals surface area contributed by atoms with Crippen LogP contribution in [0.3, 0.4) is 0 Å². The second-order valence-electron chi connectivity index (χ2n) is 6.89. The number of rotatable bonds is 8. The zero-order valence-electron chi connectivity index (χ0n) is 16.9. The lowest BCUT2D eigenvalue weighted by Crippen LogP contribution is -2.47. The second kappa shape index (κ2) is 9.23. The molecule has 0 saturated heterocycles. The summed E-state index contributed by atoms with van der Waals surface area (Å²) < 4.78 is 5.40. The van der Waals surface area contributed by atoms with Gasteiger partial charge in [-0.3, -0.25) is 14.9 Å². The molecule has 3 rings (SSSR count). The molecule has 3 N–H and O–H groups in total. The van der Waals surface area contributed by atoms with E-state index in [2.05, 4.69) is 20.6 Å². The molecule has 0 unspecified atom stereocenters. The third-order valence-electron chi connectivity index (χ3n) is 4.84. The maximum absolute atomic E-state index is 12.9. The quantitative estimate of drug-likeness (QED) is 0.542. The molecule has 2 atom stereocenters. The van der Waals surface area contributed by atoms with Crippen LogP contribution in [0.2, 0.25) is 0 Å². The molecule has 3 aromatic rings. The van der Waals surface area contributed by atoms with Crippen molar-refractivity contribution in [3.63, 3.8) is 0 Å². The number of hydrogen-bond acceptors (Lipinski definition) is 4. The van der Waals surface area contributed by atoms with Crippen LogP contribution < -0.4 is 15.4 Å². The smallest absolute Gasteiger partial charge is 0.251 e. The summed E-state index contributed by atoms with van der Waals surface area (Å²) in [7, 11) is 0. The van der Waals surface area contributed by atoms with E-state index in [1.54, 1.807) is 24.3 Å². The molecule has 0 aliphatic rings. The fourth-order valence-electron chi connectivity index (χ4n) is 3.00. The second-order valence-corrected chi connectivity index (χ2v) is 6.89. The molecular weight excluding hydrogens is 368 g/mol. The summed E-state index contributed by atoms with van der Waals surface area (Å²) in [6.45, 7) is 6.37. The Labute approximate surface area is 169 Å². The van der Waals surface area contributed by atoms with Crippen molar-refractivity contribution >= 4 is 28.8 Å². The van der Waals surface area contributed by atoms with Gasteiger partial charge in [0.05, 0.1) is 17.6 Å². The first-order chi connectivity index (χ1) is 14.0. The van der Waals surface area contributed by atoms with Crippen molar-refractivity contribution in [3.05, 3.63) is 54.1 Å². The van der Waals surface area contributed by atoms with Crippen molar-refractivity contribution in [1.29, 1.82) is 0 Å². The summed E-state index contributed by atoms with van der Waals surface area (Å²) in [5.74, 6) is 0.395. The molecule has 0 spiro atoms. The number of carbonyl (C=O) groups excluding carboxylic acids is 2. The Morgan fingerprint density at radius 2 is 1.83 bits per heavy atom. The van der Waals surface area contributed by atoms with Gasteiger partial charge in [-0.25, -0.2) is 4.98 Å². The number of anilines is 1. The minimum Gasteiger partial charge on any atom is -0.494 e. The number of imidazole rings is 1. The van der Waals surface area contributed by atoms with Crippen LogP contribution in [-0.2, 0) is 4.79 Å². The highest BCUT2D eigenvalue weighted by atomic mass is 16.5. The van der Waals surface area contributed by atoms with Crippen LogP contribution in [0.4, 0.5) is 5.95 Å². The van der Waals surface area contributed by atoms with Crippen LogP contribution in [0.1, 0.15) is 37.6 Å². The van der Waals surface area contributed by atoms with E-state index >= 15 is 0 Å². The first kappa shape index (κ1) is 20.4. The van der Waals surface area contributed by atoms with Gasteiger partial charge in [-0.2, -0.15) is 0 Å². The monoisotopic (exact) mass is 394 g/mol. The molecule has 0 aliphatic heterocycles. The fraction of sp³-hybridized carbons (Fsp3) is 0.318. The number of carbonyl (C=O) groups is 2. The Bertz CT molecular complexity index is 948. The third-order valence-corrected chi connectivity index (χ3v) is 4.84. The van der Waals surface area contributed by atoms with E-state index in [1.165, 1.54) is 0 Å². The third kappa shape index (κ3) is 4.93. The van der Waals surface area contributed by atoms with Crippen LogP contribution in [0.15, 0.2) is 48.5 Å². The van der Waals surface area contributed by atoms with Crippen molar-refractivity contribution in [2.75, 3.05) is 11.9 Å². The zero-order valence-corrected chi connectivity index (χ0v) is 16.9. The molecule has 2 amide bonds. The van der Waals surface area contributed by atoms with Crippen LogP contribution in [0, 0.1) is 5.92 Å². The van der Waals surface area contributed by atoms with Crippen LogP contribution >= 0.6 is 0 Å². The standard InChI is InChI=1S/C22H26N4O3/c1-4-14(3)19(25-20(27)15-10-12-16(13-11-15)29-5-2)21(28)26-22-23-17-8-6-7-9-18(17)24-22/h6-14,19H,4-5H2,1-3H3,(H,25,27)(H2,23,24,26,28)/t14-,19-/m0/s1. The van der Waals surface area contributed by atoms with Gasteiger partial charge in [0.15, 0.2) is 0 Å². The van der Waals surface area contributed by atoms with Gasteiger partial charge in [0.25, 0.3) is 5.91 Å². The average molecular weight is 394 g/mol. The van der Waals surface area contributed by atoms with E-state index in [9.17, 15) is 9.59 Å². The summed E-state index contributed by atoms with van der Waals surface area (Å²) in [6.07, 6.45) is 0.738. The normalized spacial score (nSPS) is 12.9. The molecule has 0 aliphatic carbocycles. The highest BCUT2D eigenvalue weighted by molar-refractivity contribution is 6.01. The molecule has 2 aromatic carbocycles. The van der Waals surface area contributed by atoms with Crippen LogP contribution in [0.5, 0.6) is 5.75 Å². The molecule has 7 heteroatoms. The van der Waals surface area contributed by atoms with Gasteiger partial charge in [-0.05, 0) is 49.2 Å². The Kier molecular flexibility index (Phi) is 6.49. The number of ether oxygens (including phenoxy) is 1. The SMILES string of the molecule is CCOc1ccc(C(=O)N[C@H](C(=O)Nc2nc3ccccc3[nH]2)[C@@H](C)CC)cc1. The summed E-state index contributed by atoms with van der Waals surface area (Å²) in [6, 6.07) is 13.7. The summed E-state index contributed by atoms with van der Waals surface area (Å²) in [5, 5.41) is 5.64. The molecule has 0 bridgehead atoms. The Balaban J connectivity index is 1.72. The number of nitrogens with one attached hydrogen (secondary N) is 3. The van der Waals surface area contributed by atoms with Gasteiger partial charge in [-0.1, -0.05) is 32.4 Å². The summed E-state index contributed by atoms with van der Waals surface area (Å²) >= 11 is 0. The maximum Gasteiger partial charge on any atom is 0.251 e. The number of amides is 2. The first-order valence-electron chi connectivity index (χ1n) is 9.81. The topological polar surface area (TPSA) is 96.1 Å². The van der Waals surface area contributed by atoms with Crippen LogP contribution in [0.25, 0.3) is 11.0 Å². The van der Waals surface area contributed by atoms with Gasteiger partial charge in [-0.15, -0.1) is 0 Å². The zero-order chi connectivity index (χ0) is 20.8. The predicted octanol–water partition coefficient (Wildman–Crippen LogP) is 3.74. The Morgan fingerprint density at radius 1 is 1.10 bits per heavy atom. The van der Waals surface area contributed by atoms with E-state index in [1.807, 2.05) is 45.0 Å². The Hall–Kier alpha value is -3.35. The van der Waals surface area contributed by atoms with Crippen molar-refractivity contribution < 1.29 is 14.3 Å². The molecule has 0 fully saturated rings. The largest absolute Gasteiger partial charge is 0.494 e. The van der Waals surface area contributed by atoms with E-state index in [0.29, 0.717) is 23.9 Å². The lowest BCUT2D eigenvalue weighted by Gasteiger charge is -2.23. The number of nitrogens with zero attached hydrogens (tertiary/aromatic N) is 1. The van der Waals surface area contributed by atoms with Gasteiger partial charge >= 0.3 is 0 Å². The molecule has 1 aromatic heterocycles. The molecule has 0 radical (unpaired) electrons. The minimum atomic E-state index is -0.688. The molecule has 7 nitrogen and oxygen atoms in total. The minimum absolute atomic E-state index is 0.0500. The van der Waals surface area contributed by atoms with Crippen molar-refractivity contribution in [2.45, 2.75) is 33.2 Å². The average Bonchev–Trinajstić information content (AvgIpc) is 3.14.